The van der Waals surface area contributed by atoms with Gasteiger partial charge in [-0.25, -0.2) is 12.7 Å². The lowest BCUT2D eigenvalue weighted by Gasteiger charge is -2.29. The summed E-state index contributed by atoms with van der Waals surface area (Å²) in [6.07, 6.45) is 4.66. The van der Waals surface area contributed by atoms with Gasteiger partial charge < -0.3 is 14.6 Å². The maximum absolute atomic E-state index is 11.6. The summed E-state index contributed by atoms with van der Waals surface area (Å²) in [6.45, 7) is 5.40. The molecular formula is C16H28N4O3S. The second-order valence-electron chi connectivity index (χ2n) is 6.24. The molecule has 0 amide bonds. The van der Waals surface area contributed by atoms with Crippen molar-refractivity contribution in [2.45, 2.75) is 26.3 Å². The van der Waals surface area contributed by atoms with E-state index in [0.717, 1.165) is 31.1 Å². The van der Waals surface area contributed by atoms with Gasteiger partial charge in [0.2, 0.25) is 10.0 Å². The van der Waals surface area contributed by atoms with E-state index in [0.29, 0.717) is 32.1 Å². The normalized spacial score (nSPS) is 17.9. The first kappa shape index (κ1) is 18.8. The summed E-state index contributed by atoms with van der Waals surface area (Å²) in [5, 5.41) is 3.30. The molecule has 8 heteroatoms. The summed E-state index contributed by atoms with van der Waals surface area (Å²) >= 11 is 0. The summed E-state index contributed by atoms with van der Waals surface area (Å²) < 4.78 is 30.1. The van der Waals surface area contributed by atoms with Gasteiger partial charge in [0.05, 0.1) is 19.1 Å². The Balaban J connectivity index is 1.89. The van der Waals surface area contributed by atoms with Gasteiger partial charge in [0, 0.05) is 33.2 Å². The Kier molecular flexibility index (Phi) is 6.68. The highest BCUT2D eigenvalue weighted by Gasteiger charge is 2.24. The Morgan fingerprint density at radius 2 is 2.17 bits per heavy atom. The summed E-state index contributed by atoms with van der Waals surface area (Å²) in [6, 6.07) is 3.82. The minimum atomic E-state index is -3.07. The quantitative estimate of drug-likeness (QED) is 0.615. The van der Waals surface area contributed by atoms with E-state index in [1.54, 1.807) is 10.6 Å². The average molecular weight is 356 g/mol. The van der Waals surface area contributed by atoms with Crippen LogP contribution in [0.5, 0.6) is 0 Å². The first-order chi connectivity index (χ1) is 11.4. The van der Waals surface area contributed by atoms with Gasteiger partial charge in [-0.05, 0) is 37.8 Å². The highest BCUT2D eigenvalue weighted by atomic mass is 32.2. The summed E-state index contributed by atoms with van der Waals surface area (Å²) in [5.74, 6) is 2.16. The number of guanidine groups is 1. The monoisotopic (exact) mass is 356 g/mol. The van der Waals surface area contributed by atoms with Gasteiger partial charge in [-0.1, -0.05) is 0 Å². The molecule has 0 radical (unpaired) electrons. The van der Waals surface area contributed by atoms with Crippen LogP contribution < -0.4 is 5.32 Å². The third-order valence-electron chi connectivity index (χ3n) is 4.21. The molecule has 1 aliphatic heterocycles. The summed E-state index contributed by atoms with van der Waals surface area (Å²) in [5.41, 5.74) is 0. The van der Waals surface area contributed by atoms with Crippen molar-refractivity contribution < 1.29 is 12.8 Å². The third kappa shape index (κ3) is 5.52. The Labute approximate surface area is 144 Å². The van der Waals surface area contributed by atoms with Gasteiger partial charge in [-0.15, -0.1) is 0 Å². The van der Waals surface area contributed by atoms with E-state index >= 15 is 0 Å². The van der Waals surface area contributed by atoms with Crippen LogP contribution >= 0.6 is 0 Å². The lowest BCUT2D eigenvalue weighted by atomic mass is 9.98. The molecule has 136 valence electrons. The second kappa shape index (κ2) is 8.53. The molecule has 0 unspecified atom stereocenters. The van der Waals surface area contributed by atoms with Crippen LogP contribution in [0, 0.1) is 5.92 Å². The zero-order valence-electron chi connectivity index (χ0n) is 14.7. The Hall–Kier alpha value is -1.54. The lowest BCUT2D eigenvalue weighted by molar-refractivity contribution is 0.279. The molecule has 1 fully saturated rings. The number of rotatable bonds is 6. The van der Waals surface area contributed by atoms with Crippen molar-refractivity contribution >= 4 is 16.0 Å². The number of hydrogen-bond donors (Lipinski definition) is 1. The van der Waals surface area contributed by atoms with Crippen molar-refractivity contribution in [1.29, 1.82) is 0 Å². The first-order valence-corrected chi connectivity index (χ1v) is 10.2. The molecule has 24 heavy (non-hydrogen) atoms. The molecule has 1 aromatic heterocycles. The van der Waals surface area contributed by atoms with Crippen LogP contribution in [0.25, 0.3) is 0 Å². The van der Waals surface area contributed by atoms with E-state index in [4.69, 9.17) is 9.41 Å². The van der Waals surface area contributed by atoms with Crippen LogP contribution in [0.2, 0.25) is 0 Å². The predicted octanol–water partition coefficient (Wildman–Crippen LogP) is 1.35. The van der Waals surface area contributed by atoms with E-state index in [1.807, 2.05) is 31.0 Å². The molecule has 7 nitrogen and oxygen atoms in total. The van der Waals surface area contributed by atoms with Gasteiger partial charge in [-0.3, -0.25) is 4.99 Å². The highest BCUT2D eigenvalue weighted by molar-refractivity contribution is 7.88. The van der Waals surface area contributed by atoms with E-state index in [2.05, 4.69) is 5.32 Å². The number of nitrogens with zero attached hydrogens (tertiary/aromatic N) is 3. The van der Waals surface area contributed by atoms with Crippen molar-refractivity contribution in [3.05, 3.63) is 24.2 Å². The minimum absolute atomic E-state index is 0.425. The summed E-state index contributed by atoms with van der Waals surface area (Å²) in [7, 11) is -1.08. The number of furan rings is 1. The van der Waals surface area contributed by atoms with Crippen LogP contribution in [-0.2, 0) is 16.6 Å². The molecule has 0 saturated carbocycles. The van der Waals surface area contributed by atoms with Crippen molar-refractivity contribution in [2.75, 3.05) is 39.5 Å². The number of hydrogen-bond acceptors (Lipinski definition) is 4. The Bertz CT molecular complexity index is 620. The number of piperidine rings is 1. The van der Waals surface area contributed by atoms with Gasteiger partial charge >= 0.3 is 0 Å². The molecule has 0 aromatic carbocycles. The number of aliphatic imine (C=N–C) groups is 1. The molecule has 2 heterocycles. The number of sulfonamides is 1. The average Bonchev–Trinajstić information content (AvgIpc) is 3.03. The smallest absolute Gasteiger partial charge is 0.211 e. The first-order valence-electron chi connectivity index (χ1n) is 8.37. The van der Waals surface area contributed by atoms with Crippen molar-refractivity contribution in [2.24, 2.45) is 10.9 Å². The maximum Gasteiger partial charge on any atom is 0.211 e. The molecule has 2 rings (SSSR count). The standard InChI is InChI=1S/C16H28N4O3S/c1-4-17-16(19(2)13-15-6-5-11-23-15)18-12-14-7-9-20(10-8-14)24(3,21)22/h5-6,11,14H,4,7-10,12-13H2,1-3H3,(H,17,18). The fourth-order valence-electron chi connectivity index (χ4n) is 2.82. The minimum Gasteiger partial charge on any atom is -0.467 e. The molecular weight excluding hydrogens is 328 g/mol. The van der Waals surface area contributed by atoms with E-state index in [1.165, 1.54) is 6.26 Å². The van der Waals surface area contributed by atoms with Gasteiger partial charge in [0.25, 0.3) is 0 Å². The van der Waals surface area contributed by atoms with Crippen LogP contribution in [0.1, 0.15) is 25.5 Å². The Morgan fingerprint density at radius 3 is 2.71 bits per heavy atom. The van der Waals surface area contributed by atoms with Gasteiger partial charge in [0.15, 0.2) is 5.96 Å². The second-order valence-corrected chi connectivity index (χ2v) is 8.22. The van der Waals surface area contributed by atoms with E-state index in [9.17, 15) is 8.42 Å². The number of nitrogens with one attached hydrogen (secondary N) is 1. The van der Waals surface area contributed by atoms with E-state index < -0.39 is 10.0 Å². The van der Waals surface area contributed by atoms with Crippen molar-refractivity contribution in [3.63, 3.8) is 0 Å². The van der Waals surface area contributed by atoms with Crippen molar-refractivity contribution in [1.82, 2.24) is 14.5 Å². The predicted molar refractivity (Wildman–Crippen MR) is 95.3 cm³/mol. The van der Waals surface area contributed by atoms with Crippen LogP contribution in [0.3, 0.4) is 0 Å². The fourth-order valence-corrected chi connectivity index (χ4v) is 3.69. The molecule has 0 bridgehead atoms. The largest absolute Gasteiger partial charge is 0.467 e. The van der Waals surface area contributed by atoms with Crippen LogP contribution in [0.15, 0.2) is 27.8 Å². The maximum atomic E-state index is 11.6. The van der Waals surface area contributed by atoms with Crippen molar-refractivity contribution in [3.8, 4) is 0 Å². The highest BCUT2D eigenvalue weighted by Crippen LogP contribution is 2.19. The lowest BCUT2D eigenvalue weighted by Crippen LogP contribution is -2.40. The van der Waals surface area contributed by atoms with Crippen LogP contribution in [0.4, 0.5) is 0 Å². The zero-order chi connectivity index (χ0) is 17.6. The molecule has 0 aliphatic carbocycles. The van der Waals surface area contributed by atoms with E-state index in [-0.39, 0.29) is 0 Å². The fraction of sp³-hybridized carbons (Fsp3) is 0.688. The zero-order valence-corrected chi connectivity index (χ0v) is 15.6. The third-order valence-corrected chi connectivity index (χ3v) is 5.51. The topological polar surface area (TPSA) is 78.2 Å². The molecule has 0 atom stereocenters. The molecule has 1 N–H and O–H groups in total. The molecule has 1 aromatic rings. The SMILES string of the molecule is CCNC(=NCC1CCN(S(C)(=O)=O)CC1)N(C)Cc1ccco1. The molecule has 1 saturated heterocycles. The van der Waals surface area contributed by atoms with Gasteiger partial charge in [-0.2, -0.15) is 0 Å². The molecule has 0 spiro atoms. The summed E-state index contributed by atoms with van der Waals surface area (Å²) in [4.78, 5) is 6.76. The van der Waals surface area contributed by atoms with Gasteiger partial charge in [0.1, 0.15) is 5.76 Å². The molecule has 1 aliphatic rings. The Morgan fingerprint density at radius 1 is 1.46 bits per heavy atom. The van der Waals surface area contributed by atoms with Crippen LogP contribution in [-0.4, -0.2) is 63.1 Å².